The first kappa shape index (κ1) is 15.9. The minimum atomic E-state index is -0.420. The highest BCUT2D eigenvalue weighted by atomic mass is 35.5. The van der Waals surface area contributed by atoms with E-state index in [9.17, 15) is 10.1 Å². The van der Waals surface area contributed by atoms with Crippen LogP contribution >= 0.6 is 11.6 Å². The fraction of sp³-hybridized carbons (Fsp3) is 0.615. The van der Waals surface area contributed by atoms with Crippen molar-refractivity contribution in [2.24, 2.45) is 0 Å². The average Bonchev–Trinajstić information content (AvgIpc) is 2.38. The first-order valence-electron chi connectivity index (χ1n) is 6.60. The summed E-state index contributed by atoms with van der Waals surface area (Å²) < 4.78 is 0. The standard InChI is InChI=1S/C13H20ClN3O2/c1-3-5-11(15-6-4-2)8-12-13(17(18)19)7-10(14)9-16-12/h7,9,11,15H,3-6,8H2,1-2H3. The third-order valence-corrected chi connectivity index (χ3v) is 3.08. The zero-order chi connectivity index (χ0) is 14.3. The van der Waals surface area contributed by atoms with E-state index in [2.05, 4.69) is 24.1 Å². The lowest BCUT2D eigenvalue weighted by atomic mass is 10.0. The minimum absolute atomic E-state index is 0.00639. The normalized spacial score (nSPS) is 12.4. The molecule has 0 aliphatic rings. The van der Waals surface area contributed by atoms with Crippen molar-refractivity contribution in [3.05, 3.63) is 33.1 Å². The summed E-state index contributed by atoms with van der Waals surface area (Å²) in [5.74, 6) is 0. The molecule has 1 aromatic heterocycles. The highest BCUT2D eigenvalue weighted by molar-refractivity contribution is 6.30. The summed E-state index contributed by atoms with van der Waals surface area (Å²) in [5.41, 5.74) is 0.503. The maximum atomic E-state index is 11.0. The predicted molar refractivity (Wildman–Crippen MR) is 76.6 cm³/mol. The first-order chi connectivity index (χ1) is 9.08. The molecule has 0 radical (unpaired) electrons. The van der Waals surface area contributed by atoms with E-state index in [-0.39, 0.29) is 11.7 Å². The number of nitrogens with zero attached hydrogens (tertiary/aromatic N) is 2. The molecule has 5 nitrogen and oxygen atoms in total. The minimum Gasteiger partial charge on any atom is -0.314 e. The Labute approximate surface area is 118 Å². The van der Waals surface area contributed by atoms with Crippen molar-refractivity contribution in [2.75, 3.05) is 6.54 Å². The van der Waals surface area contributed by atoms with Gasteiger partial charge in [0, 0.05) is 24.7 Å². The largest absolute Gasteiger partial charge is 0.314 e. The molecule has 1 heterocycles. The van der Waals surface area contributed by atoms with E-state index >= 15 is 0 Å². The lowest BCUT2D eigenvalue weighted by Crippen LogP contribution is -2.32. The third-order valence-electron chi connectivity index (χ3n) is 2.87. The molecule has 0 spiro atoms. The van der Waals surface area contributed by atoms with Crippen molar-refractivity contribution in [3.8, 4) is 0 Å². The average molecular weight is 286 g/mol. The Morgan fingerprint density at radius 2 is 2.21 bits per heavy atom. The Bertz CT molecular complexity index is 426. The predicted octanol–water partition coefficient (Wildman–Crippen LogP) is 3.35. The second-order valence-corrected chi connectivity index (χ2v) is 4.96. The SMILES string of the molecule is CCCNC(CCC)Cc1ncc(Cl)cc1[N+](=O)[O-]. The zero-order valence-corrected chi connectivity index (χ0v) is 12.1. The Morgan fingerprint density at radius 1 is 1.47 bits per heavy atom. The van der Waals surface area contributed by atoms with E-state index < -0.39 is 4.92 Å². The number of halogens is 1. The lowest BCUT2D eigenvalue weighted by Gasteiger charge is -2.17. The van der Waals surface area contributed by atoms with Crippen LogP contribution < -0.4 is 5.32 Å². The molecular formula is C13H20ClN3O2. The van der Waals surface area contributed by atoms with Crippen LogP contribution in [0.3, 0.4) is 0 Å². The molecule has 1 aromatic rings. The molecule has 106 valence electrons. The van der Waals surface area contributed by atoms with Crippen LogP contribution in [0.15, 0.2) is 12.3 Å². The van der Waals surface area contributed by atoms with Gasteiger partial charge in [-0.1, -0.05) is 31.9 Å². The molecule has 0 aromatic carbocycles. The maximum absolute atomic E-state index is 11.0. The van der Waals surface area contributed by atoms with Crippen molar-refractivity contribution in [3.63, 3.8) is 0 Å². The summed E-state index contributed by atoms with van der Waals surface area (Å²) >= 11 is 5.76. The van der Waals surface area contributed by atoms with Crippen molar-refractivity contribution in [2.45, 2.75) is 45.6 Å². The van der Waals surface area contributed by atoms with Crippen molar-refractivity contribution in [1.29, 1.82) is 0 Å². The highest BCUT2D eigenvalue weighted by Gasteiger charge is 2.19. The van der Waals surface area contributed by atoms with Crippen molar-refractivity contribution >= 4 is 17.3 Å². The topological polar surface area (TPSA) is 68.1 Å². The second kappa shape index (κ2) is 8.07. The van der Waals surface area contributed by atoms with Gasteiger partial charge in [-0.2, -0.15) is 0 Å². The van der Waals surface area contributed by atoms with E-state index in [1.54, 1.807) is 0 Å². The summed E-state index contributed by atoms with van der Waals surface area (Å²) in [6.07, 6.45) is 5.06. The molecule has 1 rings (SSSR count). The number of hydrogen-bond acceptors (Lipinski definition) is 4. The number of rotatable bonds is 8. The van der Waals surface area contributed by atoms with Crippen LogP contribution in [0.25, 0.3) is 0 Å². The summed E-state index contributed by atoms with van der Waals surface area (Å²) in [6.45, 7) is 5.11. The van der Waals surface area contributed by atoms with Gasteiger partial charge < -0.3 is 5.32 Å². The first-order valence-corrected chi connectivity index (χ1v) is 6.98. The zero-order valence-electron chi connectivity index (χ0n) is 11.4. The summed E-state index contributed by atoms with van der Waals surface area (Å²) in [7, 11) is 0. The molecule has 0 saturated heterocycles. The molecule has 0 fully saturated rings. The monoisotopic (exact) mass is 285 g/mol. The van der Waals surface area contributed by atoms with Gasteiger partial charge in [0.1, 0.15) is 5.69 Å². The number of hydrogen-bond donors (Lipinski definition) is 1. The molecule has 0 aliphatic heterocycles. The van der Waals surface area contributed by atoms with Crippen LogP contribution in [0.2, 0.25) is 5.02 Å². The van der Waals surface area contributed by atoms with Gasteiger partial charge >= 0.3 is 0 Å². The van der Waals surface area contributed by atoms with Crippen LogP contribution in [0.4, 0.5) is 5.69 Å². The Morgan fingerprint density at radius 3 is 2.79 bits per heavy atom. The molecule has 0 saturated carbocycles. The van der Waals surface area contributed by atoms with Gasteiger partial charge in [-0.25, -0.2) is 0 Å². The number of aromatic nitrogens is 1. The van der Waals surface area contributed by atoms with Gasteiger partial charge in [-0.05, 0) is 19.4 Å². The van der Waals surface area contributed by atoms with Crippen molar-refractivity contribution < 1.29 is 4.92 Å². The van der Waals surface area contributed by atoms with Crippen LogP contribution in [-0.4, -0.2) is 22.5 Å². The van der Waals surface area contributed by atoms with Crippen LogP contribution in [0.1, 0.15) is 38.8 Å². The molecule has 0 bridgehead atoms. The second-order valence-electron chi connectivity index (χ2n) is 4.52. The van der Waals surface area contributed by atoms with Gasteiger partial charge in [-0.3, -0.25) is 15.1 Å². The Balaban J connectivity index is 2.85. The fourth-order valence-corrected chi connectivity index (χ4v) is 2.13. The van der Waals surface area contributed by atoms with E-state index in [0.29, 0.717) is 17.1 Å². The summed E-state index contributed by atoms with van der Waals surface area (Å²) in [5, 5.41) is 14.7. The molecule has 0 aliphatic carbocycles. The molecule has 6 heteroatoms. The lowest BCUT2D eigenvalue weighted by molar-refractivity contribution is -0.386. The highest BCUT2D eigenvalue weighted by Crippen LogP contribution is 2.22. The van der Waals surface area contributed by atoms with Gasteiger partial charge in [0.25, 0.3) is 5.69 Å². The van der Waals surface area contributed by atoms with E-state index in [4.69, 9.17) is 11.6 Å². The number of nitro groups is 1. The molecular weight excluding hydrogens is 266 g/mol. The van der Waals surface area contributed by atoms with E-state index in [0.717, 1.165) is 25.8 Å². The molecule has 0 amide bonds. The quantitative estimate of drug-likeness (QED) is 0.587. The van der Waals surface area contributed by atoms with Gasteiger partial charge in [-0.15, -0.1) is 0 Å². The molecule has 1 unspecified atom stereocenters. The molecule has 1 N–H and O–H groups in total. The van der Waals surface area contributed by atoms with Crippen LogP contribution in [0, 0.1) is 10.1 Å². The van der Waals surface area contributed by atoms with E-state index in [1.807, 2.05) is 0 Å². The fourth-order valence-electron chi connectivity index (χ4n) is 1.98. The molecule has 19 heavy (non-hydrogen) atoms. The number of pyridine rings is 1. The Kier molecular flexibility index (Phi) is 6.73. The molecule has 1 atom stereocenters. The summed E-state index contributed by atoms with van der Waals surface area (Å²) in [6, 6.07) is 1.59. The van der Waals surface area contributed by atoms with Crippen molar-refractivity contribution in [1.82, 2.24) is 10.3 Å². The van der Waals surface area contributed by atoms with Gasteiger partial charge in [0.05, 0.1) is 9.95 Å². The van der Waals surface area contributed by atoms with Gasteiger partial charge in [0.2, 0.25) is 0 Å². The van der Waals surface area contributed by atoms with Gasteiger partial charge in [0.15, 0.2) is 0 Å². The number of nitrogens with one attached hydrogen (secondary N) is 1. The van der Waals surface area contributed by atoms with Crippen LogP contribution in [0.5, 0.6) is 0 Å². The summed E-state index contributed by atoms with van der Waals surface area (Å²) in [4.78, 5) is 14.7. The smallest absolute Gasteiger partial charge is 0.292 e. The van der Waals surface area contributed by atoms with Crippen LogP contribution in [-0.2, 0) is 6.42 Å². The maximum Gasteiger partial charge on any atom is 0.292 e. The third kappa shape index (κ3) is 5.12. The van der Waals surface area contributed by atoms with E-state index in [1.165, 1.54) is 12.3 Å². The Hall–Kier alpha value is -1.20.